The predicted molar refractivity (Wildman–Crippen MR) is 119 cm³/mol. The van der Waals surface area contributed by atoms with Crippen molar-refractivity contribution in [1.29, 1.82) is 0 Å². The molecule has 4 rings (SSSR count). The fraction of sp³-hybridized carbons (Fsp3) is 0.318. The molecule has 0 N–H and O–H groups in total. The summed E-state index contributed by atoms with van der Waals surface area (Å²) in [4.78, 5) is 13.1. The molecule has 0 fully saturated rings. The lowest BCUT2D eigenvalue weighted by atomic mass is 10.2. The maximum Gasteiger partial charge on any atom is 0.387 e. The highest BCUT2D eigenvalue weighted by Crippen LogP contribution is 2.35. The molecule has 2 heterocycles. The number of nitrogens with zero attached hydrogens (tertiary/aromatic N) is 4. The lowest BCUT2D eigenvalue weighted by Gasteiger charge is -2.14. The first-order chi connectivity index (χ1) is 15.5. The molecule has 1 atom stereocenters. The van der Waals surface area contributed by atoms with Crippen molar-refractivity contribution in [3.05, 3.63) is 64.4 Å². The van der Waals surface area contributed by atoms with Crippen molar-refractivity contribution in [2.45, 2.75) is 36.9 Å². The summed E-state index contributed by atoms with van der Waals surface area (Å²) in [6.07, 6.45) is 0.670. The Morgan fingerprint density at radius 1 is 1.09 bits per heavy atom. The van der Waals surface area contributed by atoms with Crippen molar-refractivity contribution in [3.63, 3.8) is 0 Å². The second kappa shape index (κ2) is 9.66. The zero-order valence-electron chi connectivity index (χ0n) is 17.6. The van der Waals surface area contributed by atoms with Gasteiger partial charge in [-0.05, 0) is 43.2 Å². The molecular formula is C22H22F2N4O3S. The van der Waals surface area contributed by atoms with E-state index in [1.54, 1.807) is 29.9 Å². The van der Waals surface area contributed by atoms with Crippen LogP contribution >= 0.6 is 11.8 Å². The van der Waals surface area contributed by atoms with Crippen LogP contribution in [-0.2, 0) is 11.3 Å². The summed E-state index contributed by atoms with van der Waals surface area (Å²) >= 11 is 1.47. The minimum atomic E-state index is -2.86. The first-order valence-electron chi connectivity index (χ1n) is 10.1. The molecule has 7 nitrogen and oxygen atoms in total. The van der Waals surface area contributed by atoms with Gasteiger partial charge in [-0.15, -0.1) is 10.2 Å². The lowest BCUT2D eigenvalue weighted by Crippen LogP contribution is -2.24. The highest BCUT2D eigenvalue weighted by molar-refractivity contribution is 7.99. The molecule has 0 radical (unpaired) electrons. The van der Waals surface area contributed by atoms with Gasteiger partial charge in [0, 0.05) is 25.5 Å². The normalized spacial score (nSPS) is 12.7. The van der Waals surface area contributed by atoms with Crippen molar-refractivity contribution < 1.29 is 18.3 Å². The van der Waals surface area contributed by atoms with Crippen molar-refractivity contribution in [1.82, 2.24) is 19.2 Å². The van der Waals surface area contributed by atoms with Crippen LogP contribution in [-0.4, -0.2) is 39.5 Å². The van der Waals surface area contributed by atoms with Gasteiger partial charge in [0.15, 0.2) is 5.16 Å². The van der Waals surface area contributed by atoms with Crippen molar-refractivity contribution in [2.24, 2.45) is 0 Å². The molecule has 0 bridgehead atoms. The highest BCUT2D eigenvalue weighted by Gasteiger charge is 2.19. The largest absolute Gasteiger partial charge is 0.435 e. The average Bonchev–Trinajstić information content (AvgIpc) is 3.19. The van der Waals surface area contributed by atoms with Gasteiger partial charge in [0.2, 0.25) is 5.78 Å². The Labute approximate surface area is 187 Å². The van der Waals surface area contributed by atoms with Crippen LogP contribution in [0.1, 0.15) is 24.2 Å². The Bertz CT molecular complexity index is 1270. The Balaban J connectivity index is 1.71. The number of para-hydroxylation sites is 1. The van der Waals surface area contributed by atoms with Crippen LogP contribution < -0.4 is 10.3 Å². The summed E-state index contributed by atoms with van der Waals surface area (Å²) in [6, 6.07) is 13.9. The van der Waals surface area contributed by atoms with E-state index in [1.807, 2.05) is 29.5 Å². The fourth-order valence-corrected chi connectivity index (χ4v) is 4.51. The number of halogens is 2. The van der Waals surface area contributed by atoms with Gasteiger partial charge in [0.25, 0.3) is 5.56 Å². The summed E-state index contributed by atoms with van der Waals surface area (Å²) in [7, 11) is 1.62. The van der Waals surface area contributed by atoms with Crippen LogP contribution in [0.25, 0.3) is 16.7 Å². The summed E-state index contributed by atoms with van der Waals surface area (Å²) in [6.45, 7) is 0.129. The molecule has 0 spiro atoms. The standard InChI is InChI=1S/C22H22F2N4O3S/c1-14(15-8-10-16(11-9-15)31-20(23)24)32-22-26-25-21-27(12-5-13-30-2)19(29)17-6-3-4-7-18(17)28(21)22/h3-4,6-11,14,20H,5,12-13H2,1-2H3. The highest BCUT2D eigenvalue weighted by atomic mass is 32.2. The number of aryl methyl sites for hydroxylation is 1. The number of methoxy groups -OCH3 is 1. The molecule has 4 aromatic rings. The van der Waals surface area contributed by atoms with Crippen molar-refractivity contribution >= 4 is 28.4 Å². The number of hydrogen-bond donors (Lipinski definition) is 0. The van der Waals surface area contributed by atoms with Crippen LogP contribution in [0.3, 0.4) is 0 Å². The Kier molecular flexibility index (Phi) is 6.71. The van der Waals surface area contributed by atoms with Gasteiger partial charge in [-0.1, -0.05) is 36.0 Å². The SMILES string of the molecule is COCCCn1c(=O)c2ccccc2n2c(SC(C)c3ccc(OC(F)F)cc3)nnc12. The first-order valence-corrected chi connectivity index (χ1v) is 10.9. The Morgan fingerprint density at radius 2 is 1.84 bits per heavy atom. The third-order valence-corrected chi connectivity index (χ3v) is 6.17. The summed E-state index contributed by atoms with van der Waals surface area (Å²) in [5.41, 5.74) is 1.54. The zero-order valence-corrected chi connectivity index (χ0v) is 18.4. The molecule has 2 aromatic carbocycles. The average molecular weight is 461 g/mol. The van der Waals surface area contributed by atoms with Gasteiger partial charge in [-0.3, -0.25) is 13.8 Å². The van der Waals surface area contributed by atoms with Gasteiger partial charge in [-0.25, -0.2) is 0 Å². The van der Waals surface area contributed by atoms with E-state index in [9.17, 15) is 13.6 Å². The Hall–Kier alpha value is -2.98. The van der Waals surface area contributed by atoms with Crippen molar-refractivity contribution in [3.8, 4) is 5.75 Å². The molecule has 0 saturated heterocycles. The minimum Gasteiger partial charge on any atom is -0.435 e. The fourth-order valence-electron chi connectivity index (χ4n) is 3.52. The molecule has 0 aliphatic heterocycles. The molecule has 10 heteroatoms. The number of rotatable bonds is 9. The number of ether oxygens (including phenoxy) is 2. The summed E-state index contributed by atoms with van der Waals surface area (Å²) < 4.78 is 37.8. The number of aromatic nitrogens is 4. The third kappa shape index (κ3) is 4.46. The maximum atomic E-state index is 13.1. The first kappa shape index (κ1) is 22.2. The number of alkyl halides is 2. The monoisotopic (exact) mass is 460 g/mol. The maximum absolute atomic E-state index is 13.1. The van der Waals surface area contributed by atoms with E-state index >= 15 is 0 Å². The number of hydrogen-bond acceptors (Lipinski definition) is 6. The number of thioether (sulfide) groups is 1. The predicted octanol–water partition coefficient (Wildman–Crippen LogP) is 4.54. The van der Waals surface area contributed by atoms with E-state index in [0.717, 1.165) is 11.1 Å². The summed E-state index contributed by atoms with van der Waals surface area (Å²) in [5, 5.41) is 9.85. The minimum absolute atomic E-state index is 0.0457. The van der Waals surface area contributed by atoms with Crippen LogP contribution in [0.15, 0.2) is 58.5 Å². The van der Waals surface area contributed by atoms with E-state index in [-0.39, 0.29) is 16.6 Å². The molecule has 0 aliphatic rings. The van der Waals surface area contributed by atoms with E-state index in [2.05, 4.69) is 14.9 Å². The number of fused-ring (bicyclic) bond motifs is 3. The van der Waals surface area contributed by atoms with E-state index in [1.165, 1.54) is 23.9 Å². The van der Waals surface area contributed by atoms with Crippen LogP contribution in [0.4, 0.5) is 8.78 Å². The topological polar surface area (TPSA) is 70.7 Å². The second-order valence-corrected chi connectivity index (χ2v) is 8.45. The third-order valence-electron chi connectivity index (χ3n) is 5.07. The molecule has 1 unspecified atom stereocenters. The van der Waals surface area contributed by atoms with E-state index in [4.69, 9.17) is 4.74 Å². The van der Waals surface area contributed by atoms with Gasteiger partial charge in [0.05, 0.1) is 10.9 Å². The summed E-state index contributed by atoms with van der Waals surface area (Å²) in [5.74, 6) is 0.583. The van der Waals surface area contributed by atoms with Gasteiger partial charge >= 0.3 is 6.61 Å². The number of benzene rings is 2. The van der Waals surface area contributed by atoms with Gasteiger partial charge in [0.1, 0.15) is 5.75 Å². The molecule has 0 amide bonds. The zero-order chi connectivity index (χ0) is 22.7. The van der Waals surface area contributed by atoms with E-state index < -0.39 is 6.61 Å². The van der Waals surface area contributed by atoms with Gasteiger partial charge in [-0.2, -0.15) is 8.78 Å². The molecule has 0 saturated carbocycles. The quantitative estimate of drug-likeness (QED) is 0.270. The second-order valence-electron chi connectivity index (χ2n) is 7.15. The molecule has 2 aromatic heterocycles. The molecule has 0 aliphatic carbocycles. The van der Waals surface area contributed by atoms with E-state index in [0.29, 0.717) is 35.9 Å². The smallest absolute Gasteiger partial charge is 0.387 e. The molecule has 32 heavy (non-hydrogen) atoms. The Morgan fingerprint density at radius 3 is 2.56 bits per heavy atom. The molecule has 168 valence electrons. The van der Waals surface area contributed by atoms with Crippen LogP contribution in [0.2, 0.25) is 0 Å². The molecular weight excluding hydrogens is 438 g/mol. The van der Waals surface area contributed by atoms with Crippen LogP contribution in [0.5, 0.6) is 5.75 Å². The lowest BCUT2D eigenvalue weighted by molar-refractivity contribution is -0.0498. The van der Waals surface area contributed by atoms with Gasteiger partial charge < -0.3 is 9.47 Å². The van der Waals surface area contributed by atoms with Crippen LogP contribution in [0, 0.1) is 0 Å². The van der Waals surface area contributed by atoms with Crippen molar-refractivity contribution in [2.75, 3.05) is 13.7 Å².